The van der Waals surface area contributed by atoms with Gasteiger partial charge in [0.25, 0.3) is 5.91 Å². The smallest absolute Gasteiger partial charge is 0.350 e. The van der Waals surface area contributed by atoms with Crippen LogP contribution < -0.4 is 10.6 Å². The Labute approximate surface area is 148 Å². The zero-order valence-electron chi connectivity index (χ0n) is 12.1. The molecule has 0 atom stereocenters. The Hall–Kier alpha value is -1.87. The number of amides is 2. The summed E-state index contributed by atoms with van der Waals surface area (Å²) in [6.45, 7) is -0.133. The van der Waals surface area contributed by atoms with Gasteiger partial charge in [0, 0.05) is 6.54 Å². The first-order chi connectivity index (χ1) is 11.3. The maximum atomic E-state index is 12.4. The minimum absolute atomic E-state index is 0.0807. The predicted octanol–water partition coefficient (Wildman–Crippen LogP) is 3.58. The van der Waals surface area contributed by atoms with E-state index < -0.39 is 17.6 Å². The van der Waals surface area contributed by atoms with E-state index in [1.54, 1.807) is 12.1 Å². The Balaban J connectivity index is 1.78. The molecule has 0 spiro atoms. The third-order valence-corrected chi connectivity index (χ3v) is 4.60. The third kappa shape index (κ3) is 5.34. The third-order valence-electron chi connectivity index (χ3n) is 2.98. The highest BCUT2D eigenvalue weighted by Gasteiger charge is 2.29. The Bertz CT molecular complexity index is 729. The van der Waals surface area contributed by atoms with Gasteiger partial charge in [0.2, 0.25) is 5.91 Å². The molecule has 0 bridgehead atoms. The largest absolute Gasteiger partial charge is 0.416 e. The highest BCUT2D eigenvalue weighted by molar-refractivity contribution is 9.11. The first-order valence-corrected chi connectivity index (χ1v) is 8.33. The molecule has 0 saturated carbocycles. The molecule has 2 amide bonds. The van der Waals surface area contributed by atoms with E-state index in [0.29, 0.717) is 10.4 Å². The average Bonchev–Trinajstić information content (AvgIpc) is 2.96. The van der Waals surface area contributed by atoms with Gasteiger partial charge in [0.05, 0.1) is 20.8 Å². The predicted molar refractivity (Wildman–Crippen MR) is 87.6 cm³/mol. The van der Waals surface area contributed by atoms with Crippen LogP contribution in [-0.2, 0) is 17.5 Å². The van der Waals surface area contributed by atoms with Gasteiger partial charge in [-0.05, 0) is 45.8 Å². The topological polar surface area (TPSA) is 58.2 Å². The molecule has 0 saturated heterocycles. The maximum Gasteiger partial charge on any atom is 0.416 e. The minimum Gasteiger partial charge on any atom is -0.350 e. The molecule has 4 nitrogen and oxygen atoms in total. The second-order valence-corrected chi connectivity index (χ2v) is 7.22. The molecule has 0 unspecified atom stereocenters. The van der Waals surface area contributed by atoms with Gasteiger partial charge in [-0.3, -0.25) is 9.59 Å². The Morgan fingerprint density at radius 2 is 1.71 bits per heavy atom. The fourth-order valence-electron chi connectivity index (χ4n) is 1.76. The summed E-state index contributed by atoms with van der Waals surface area (Å²) in [5.74, 6) is -0.797. The van der Waals surface area contributed by atoms with Crippen molar-refractivity contribution in [2.24, 2.45) is 0 Å². The number of rotatable bonds is 5. The molecule has 0 aliphatic rings. The fourth-order valence-corrected chi connectivity index (χ4v) is 3.06. The van der Waals surface area contributed by atoms with Gasteiger partial charge in [-0.25, -0.2) is 0 Å². The van der Waals surface area contributed by atoms with Crippen LogP contribution in [0.1, 0.15) is 20.8 Å². The molecule has 128 valence electrons. The van der Waals surface area contributed by atoms with Crippen LogP contribution in [0.4, 0.5) is 13.2 Å². The monoisotopic (exact) mass is 420 g/mol. The molecule has 1 heterocycles. The summed E-state index contributed by atoms with van der Waals surface area (Å²) in [5, 5.41) is 5.00. The number of nitrogens with one attached hydrogen (secondary N) is 2. The van der Waals surface area contributed by atoms with Crippen molar-refractivity contribution in [3.63, 3.8) is 0 Å². The molecule has 24 heavy (non-hydrogen) atoms. The molecule has 0 aliphatic heterocycles. The van der Waals surface area contributed by atoms with E-state index in [0.717, 1.165) is 15.9 Å². The number of hydrogen-bond donors (Lipinski definition) is 2. The van der Waals surface area contributed by atoms with Gasteiger partial charge in [-0.15, -0.1) is 11.3 Å². The zero-order valence-corrected chi connectivity index (χ0v) is 14.5. The average molecular weight is 421 g/mol. The van der Waals surface area contributed by atoms with Crippen LogP contribution >= 0.6 is 27.3 Å². The summed E-state index contributed by atoms with van der Waals surface area (Å²) in [7, 11) is 0. The van der Waals surface area contributed by atoms with Crippen molar-refractivity contribution in [3.05, 3.63) is 56.2 Å². The summed E-state index contributed by atoms with van der Waals surface area (Å²) in [6, 6.07) is 7.86. The van der Waals surface area contributed by atoms with Crippen LogP contribution in [0.5, 0.6) is 0 Å². The lowest BCUT2D eigenvalue weighted by Gasteiger charge is -2.09. The van der Waals surface area contributed by atoms with Crippen LogP contribution in [0.25, 0.3) is 0 Å². The molecule has 1 aromatic heterocycles. The lowest BCUT2D eigenvalue weighted by atomic mass is 10.1. The SMILES string of the molecule is O=C(CNC(=O)c1ccc(Br)s1)NCc1ccc(C(F)(F)F)cc1. The lowest BCUT2D eigenvalue weighted by Crippen LogP contribution is -2.36. The molecular formula is C15H12BrF3N2O2S. The number of hydrogen-bond acceptors (Lipinski definition) is 3. The van der Waals surface area contributed by atoms with Crippen molar-refractivity contribution in [2.75, 3.05) is 6.54 Å². The zero-order chi connectivity index (χ0) is 17.7. The summed E-state index contributed by atoms with van der Waals surface area (Å²) in [5.41, 5.74) is -0.211. The van der Waals surface area contributed by atoms with Crippen molar-refractivity contribution in [3.8, 4) is 0 Å². The highest BCUT2D eigenvalue weighted by atomic mass is 79.9. The molecule has 2 rings (SSSR count). The molecule has 0 fully saturated rings. The van der Waals surface area contributed by atoms with Crippen LogP contribution in [-0.4, -0.2) is 18.4 Å². The summed E-state index contributed by atoms with van der Waals surface area (Å²) < 4.78 is 38.1. The second-order valence-electron chi connectivity index (χ2n) is 4.76. The van der Waals surface area contributed by atoms with Crippen molar-refractivity contribution in [1.82, 2.24) is 10.6 Å². The van der Waals surface area contributed by atoms with E-state index in [9.17, 15) is 22.8 Å². The van der Waals surface area contributed by atoms with Crippen molar-refractivity contribution in [2.45, 2.75) is 12.7 Å². The van der Waals surface area contributed by atoms with Gasteiger partial charge in [0.1, 0.15) is 0 Å². The van der Waals surface area contributed by atoms with Gasteiger partial charge in [-0.2, -0.15) is 13.2 Å². The molecular weight excluding hydrogens is 409 g/mol. The van der Waals surface area contributed by atoms with Crippen molar-refractivity contribution < 1.29 is 22.8 Å². The fraction of sp³-hybridized carbons (Fsp3) is 0.200. The van der Waals surface area contributed by atoms with Crippen molar-refractivity contribution >= 4 is 39.1 Å². The molecule has 9 heteroatoms. The molecule has 2 aromatic rings. The summed E-state index contributed by atoms with van der Waals surface area (Å²) in [6.07, 6.45) is -4.39. The van der Waals surface area contributed by atoms with Crippen molar-refractivity contribution in [1.29, 1.82) is 0 Å². The van der Waals surface area contributed by atoms with E-state index in [2.05, 4.69) is 26.6 Å². The first-order valence-electron chi connectivity index (χ1n) is 6.72. The first kappa shape index (κ1) is 18.5. The number of carbonyl (C=O) groups excluding carboxylic acids is 2. The number of thiophene rings is 1. The van der Waals surface area contributed by atoms with Gasteiger partial charge in [-0.1, -0.05) is 12.1 Å². The molecule has 1 aromatic carbocycles. The minimum atomic E-state index is -4.39. The number of halogens is 4. The lowest BCUT2D eigenvalue weighted by molar-refractivity contribution is -0.137. The Kier molecular flexibility index (Phi) is 6.00. The van der Waals surface area contributed by atoms with Crippen LogP contribution in [0.2, 0.25) is 0 Å². The van der Waals surface area contributed by atoms with Gasteiger partial charge < -0.3 is 10.6 Å². The van der Waals surface area contributed by atoms with E-state index in [4.69, 9.17) is 0 Å². The summed E-state index contributed by atoms with van der Waals surface area (Å²) >= 11 is 4.48. The molecule has 0 radical (unpaired) electrons. The van der Waals surface area contributed by atoms with E-state index >= 15 is 0 Å². The number of alkyl halides is 3. The number of benzene rings is 1. The normalized spacial score (nSPS) is 11.2. The quantitative estimate of drug-likeness (QED) is 0.776. The summed E-state index contributed by atoms with van der Waals surface area (Å²) in [4.78, 5) is 23.9. The second kappa shape index (κ2) is 7.80. The van der Waals surface area contributed by atoms with Crippen LogP contribution in [0, 0.1) is 0 Å². The molecule has 2 N–H and O–H groups in total. The Morgan fingerprint density at radius 1 is 1.04 bits per heavy atom. The number of carbonyl (C=O) groups is 2. The molecule has 0 aliphatic carbocycles. The van der Waals surface area contributed by atoms with E-state index in [1.165, 1.54) is 23.5 Å². The van der Waals surface area contributed by atoms with Crippen LogP contribution in [0.15, 0.2) is 40.2 Å². The van der Waals surface area contributed by atoms with Gasteiger partial charge >= 0.3 is 6.18 Å². The van der Waals surface area contributed by atoms with Crippen LogP contribution in [0.3, 0.4) is 0 Å². The van der Waals surface area contributed by atoms with Gasteiger partial charge in [0.15, 0.2) is 0 Å². The highest BCUT2D eigenvalue weighted by Crippen LogP contribution is 2.29. The van der Waals surface area contributed by atoms with E-state index in [-0.39, 0.29) is 19.0 Å². The standard InChI is InChI=1S/C15H12BrF3N2O2S/c16-12-6-5-11(24-12)14(23)21-8-13(22)20-7-9-1-3-10(4-2-9)15(17,18)19/h1-6H,7-8H2,(H,20,22)(H,21,23). The maximum absolute atomic E-state index is 12.4. The Morgan fingerprint density at radius 3 is 2.25 bits per heavy atom. The van der Waals surface area contributed by atoms with E-state index in [1.807, 2.05) is 0 Å².